The van der Waals surface area contributed by atoms with Crippen LogP contribution in [0.3, 0.4) is 0 Å². The van der Waals surface area contributed by atoms with Crippen molar-refractivity contribution in [1.29, 1.82) is 0 Å². The second kappa shape index (κ2) is 3.15. The van der Waals surface area contributed by atoms with E-state index in [4.69, 9.17) is 0 Å². The molecule has 0 spiro atoms. The molecule has 0 aliphatic carbocycles. The number of carbonyl (C=O) groups excluding carboxylic acids is 1. The van der Waals surface area contributed by atoms with Crippen LogP contribution in [0.25, 0.3) is 0 Å². The van der Waals surface area contributed by atoms with E-state index in [1.54, 1.807) is 24.1 Å². The first kappa shape index (κ1) is 7.00. The molecule has 0 aliphatic heterocycles. The van der Waals surface area contributed by atoms with Gasteiger partial charge in [0.2, 0.25) is 0 Å². The molecule has 1 rings (SSSR count). The molecule has 1 aromatic rings. The monoisotopic (exact) mass is 134 g/mol. The molecule has 0 amide bonds. The van der Waals surface area contributed by atoms with Crippen molar-refractivity contribution in [2.45, 2.75) is 0 Å². The maximum atomic E-state index is 10.8. The zero-order valence-corrected chi connectivity index (χ0v) is 5.70. The van der Waals surface area contributed by atoms with Gasteiger partial charge in [0.05, 0.1) is 0 Å². The van der Waals surface area contributed by atoms with Gasteiger partial charge in [-0.05, 0) is 0 Å². The van der Waals surface area contributed by atoms with E-state index in [1.165, 1.54) is 7.11 Å². The molecule has 0 radical (unpaired) electrons. The molecule has 50 valence electrons. The zero-order valence-electron chi connectivity index (χ0n) is 5.70. The quantitative estimate of drug-likeness (QED) is 0.531. The van der Waals surface area contributed by atoms with Gasteiger partial charge in [-0.25, -0.2) is 0 Å². The van der Waals surface area contributed by atoms with E-state index in [9.17, 15) is 4.79 Å². The van der Waals surface area contributed by atoms with Crippen molar-refractivity contribution < 1.29 is 9.53 Å². The summed E-state index contributed by atoms with van der Waals surface area (Å²) in [6, 6.07) is 3.43. The Hall–Kier alpha value is -1.12. The van der Waals surface area contributed by atoms with Crippen LogP contribution in [-0.4, -0.2) is 20.0 Å². The van der Waals surface area contributed by atoms with Crippen LogP contribution in [0.4, 0.5) is 0 Å². The summed E-state index contributed by atoms with van der Waals surface area (Å²) in [5, 5.41) is 0. The average molecular weight is 134 g/mol. The van der Waals surface area contributed by atoms with Crippen LogP contribution < -0.4 is 0 Å². The van der Waals surface area contributed by atoms with Crippen LogP contribution in [0.5, 0.6) is 0 Å². The topological polar surface area (TPSA) is 26.3 Å². The van der Waals surface area contributed by atoms with Gasteiger partial charge in [-0.2, -0.15) is 0 Å². The van der Waals surface area contributed by atoms with Crippen molar-refractivity contribution in [1.82, 2.24) is 0 Å². The van der Waals surface area contributed by atoms with Gasteiger partial charge < -0.3 is 0 Å². The fraction of sp³-hybridized carbons (Fsp3) is 0.143. The van der Waals surface area contributed by atoms with Crippen molar-refractivity contribution in [3.8, 4) is 0 Å². The minimum atomic E-state index is -0.291. The van der Waals surface area contributed by atoms with Gasteiger partial charge in [0, 0.05) is 0 Å². The SMILES string of the molecule is COC(=O)c1ccbcc1. The van der Waals surface area contributed by atoms with E-state index >= 15 is 0 Å². The number of methoxy groups -OCH3 is 1. The first-order valence-electron chi connectivity index (χ1n) is 2.98. The third-order valence-corrected chi connectivity index (χ3v) is 1.19. The molecular weight excluding hydrogens is 127 g/mol. The Morgan fingerprint density at radius 3 is 2.60 bits per heavy atom. The number of ether oxygens (including phenoxy) is 1. The number of rotatable bonds is 1. The second-order valence-electron chi connectivity index (χ2n) is 1.86. The number of carbonyl (C=O) groups is 1. The van der Waals surface area contributed by atoms with Crippen molar-refractivity contribution in [2.75, 3.05) is 7.11 Å². The summed E-state index contributed by atoms with van der Waals surface area (Å²) in [6.45, 7) is 1.85. The molecule has 1 heterocycles. The second-order valence-corrected chi connectivity index (χ2v) is 1.86. The van der Waals surface area contributed by atoms with Gasteiger partial charge in [0.25, 0.3) is 0 Å². The van der Waals surface area contributed by atoms with E-state index in [2.05, 4.69) is 4.74 Å². The molecule has 0 aliphatic rings. The van der Waals surface area contributed by atoms with Crippen molar-refractivity contribution in [3.63, 3.8) is 0 Å². The molecule has 10 heavy (non-hydrogen) atoms. The van der Waals surface area contributed by atoms with Crippen LogP contribution in [0.2, 0.25) is 0 Å². The Labute approximate surface area is 60.0 Å². The van der Waals surface area contributed by atoms with E-state index in [1.807, 2.05) is 6.91 Å². The number of hydrogen-bond acceptors (Lipinski definition) is 2. The van der Waals surface area contributed by atoms with Crippen LogP contribution in [0, 0.1) is 0 Å². The van der Waals surface area contributed by atoms with Gasteiger partial charge in [-0.1, -0.05) is 0 Å². The fourth-order valence-electron chi connectivity index (χ4n) is 0.692. The Kier molecular flexibility index (Phi) is 2.21. The molecule has 0 fully saturated rings. The van der Waals surface area contributed by atoms with Crippen LogP contribution in [0.1, 0.15) is 10.4 Å². The molecule has 1 aromatic heterocycles. The molecule has 2 nitrogen and oxygen atoms in total. The standard InChI is InChI=1S/C7H7BO2/c1-10-7(9)6-2-4-8-5-3-6/h2-5H,1H3. The summed E-state index contributed by atoms with van der Waals surface area (Å²) in [4.78, 5) is 10.8. The third kappa shape index (κ3) is 1.44. The van der Waals surface area contributed by atoms with Gasteiger partial charge >= 0.3 is 59.1 Å². The first-order chi connectivity index (χ1) is 4.84. The van der Waals surface area contributed by atoms with Crippen LogP contribution >= 0.6 is 0 Å². The molecule has 0 saturated carbocycles. The zero-order chi connectivity index (χ0) is 7.40. The summed E-state index contributed by atoms with van der Waals surface area (Å²) >= 11 is 0. The molecule has 3 heteroatoms. The number of esters is 1. The summed E-state index contributed by atoms with van der Waals surface area (Å²) in [5.74, 6) is 3.30. The van der Waals surface area contributed by atoms with Gasteiger partial charge in [-0.15, -0.1) is 0 Å². The van der Waals surface area contributed by atoms with E-state index < -0.39 is 0 Å². The molecule has 0 saturated heterocycles. The van der Waals surface area contributed by atoms with Gasteiger partial charge in [0.15, 0.2) is 0 Å². The Bertz CT molecular complexity index is 220. The molecule has 0 aromatic carbocycles. The predicted molar refractivity (Wildman–Crippen MR) is 39.1 cm³/mol. The predicted octanol–water partition coefficient (Wildman–Crippen LogP) is 0.811. The fourth-order valence-corrected chi connectivity index (χ4v) is 0.692. The molecular formula is C7H7BO2. The maximum absolute atomic E-state index is 10.8. The van der Waals surface area contributed by atoms with Gasteiger partial charge in [0.1, 0.15) is 0 Å². The molecule has 0 unspecified atom stereocenters. The van der Waals surface area contributed by atoms with Crippen molar-refractivity contribution in [2.24, 2.45) is 0 Å². The Morgan fingerprint density at radius 1 is 1.50 bits per heavy atom. The Balaban J connectivity index is 2.85. The van der Waals surface area contributed by atoms with Gasteiger partial charge in [-0.3, -0.25) is 0 Å². The summed E-state index contributed by atoms with van der Waals surface area (Å²) in [6.07, 6.45) is 0. The van der Waals surface area contributed by atoms with Crippen molar-refractivity contribution in [3.05, 3.63) is 29.6 Å². The number of hydrogen-bond donors (Lipinski definition) is 0. The Morgan fingerprint density at radius 2 is 2.10 bits per heavy atom. The average Bonchev–Trinajstić information content (AvgIpc) is 2.05. The molecule has 0 bridgehead atoms. The summed E-state index contributed by atoms with van der Waals surface area (Å²) < 4.78 is 4.50. The van der Waals surface area contributed by atoms with Crippen LogP contribution in [-0.2, 0) is 4.74 Å². The summed E-state index contributed by atoms with van der Waals surface area (Å²) in [7, 11) is 1.37. The minimum absolute atomic E-state index is 0.291. The first-order valence-corrected chi connectivity index (χ1v) is 2.98. The normalized spacial score (nSPS) is 8.50. The van der Waals surface area contributed by atoms with E-state index in [0.29, 0.717) is 5.56 Å². The van der Waals surface area contributed by atoms with E-state index in [0.717, 1.165) is 0 Å². The van der Waals surface area contributed by atoms with E-state index in [-0.39, 0.29) is 5.97 Å². The van der Waals surface area contributed by atoms with Crippen molar-refractivity contribution >= 4 is 12.9 Å². The molecule has 0 N–H and O–H groups in total. The van der Waals surface area contributed by atoms with Crippen LogP contribution in [0.15, 0.2) is 24.1 Å². The third-order valence-electron chi connectivity index (χ3n) is 1.19. The molecule has 0 atom stereocenters. The summed E-state index contributed by atoms with van der Waals surface area (Å²) in [5.41, 5.74) is 0.588.